The highest BCUT2D eigenvalue weighted by molar-refractivity contribution is 7.92. The van der Waals surface area contributed by atoms with Gasteiger partial charge in [0.25, 0.3) is 0 Å². The molecule has 0 aliphatic rings. The number of rotatable bonds is 6. The number of hydrogen-bond donors (Lipinski definition) is 0. The second kappa shape index (κ2) is 7.68. The van der Waals surface area contributed by atoms with Gasteiger partial charge in [0.1, 0.15) is 0 Å². The maximum atomic E-state index is 12.3. The molecule has 0 unspecified atom stereocenters. The molecule has 0 aliphatic heterocycles. The number of carbonyl (C=O) groups is 1. The Morgan fingerprint density at radius 1 is 1.00 bits per heavy atom. The summed E-state index contributed by atoms with van der Waals surface area (Å²) >= 11 is 5.84. The van der Waals surface area contributed by atoms with Crippen LogP contribution < -0.4 is 9.21 Å². The van der Waals surface area contributed by atoms with Crippen LogP contribution in [-0.2, 0) is 14.8 Å². The van der Waals surface area contributed by atoms with Crippen molar-refractivity contribution in [1.29, 1.82) is 0 Å². The van der Waals surface area contributed by atoms with Crippen LogP contribution in [0.5, 0.6) is 0 Å². The van der Waals surface area contributed by atoms with E-state index in [2.05, 4.69) is 0 Å². The summed E-state index contributed by atoms with van der Waals surface area (Å²) in [4.78, 5) is 13.9. The van der Waals surface area contributed by atoms with Gasteiger partial charge in [-0.1, -0.05) is 29.8 Å². The first kappa shape index (κ1) is 18.3. The average molecular weight is 367 g/mol. The van der Waals surface area contributed by atoms with Crippen LogP contribution in [0.25, 0.3) is 0 Å². The maximum absolute atomic E-state index is 12.3. The molecule has 24 heavy (non-hydrogen) atoms. The normalized spacial score (nSPS) is 11.1. The van der Waals surface area contributed by atoms with Crippen LogP contribution in [0.1, 0.15) is 6.42 Å². The average Bonchev–Trinajstić information content (AvgIpc) is 2.55. The Labute approximate surface area is 147 Å². The number of benzene rings is 2. The zero-order chi connectivity index (χ0) is 17.7. The van der Waals surface area contributed by atoms with Crippen molar-refractivity contribution in [2.24, 2.45) is 0 Å². The van der Waals surface area contributed by atoms with Crippen molar-refractivity contribution in [2.75, 3.05) is 29.1 Å². The van der Waals surface area contributed by atoms with E-state index in [1.807, 2.05) is 30.3 Å². The van der Waals surface area contributed by atoms with Crippen LogP contribution in [0.4, 0.5) is 11.4 Å². The maximum Gasteiger partial charge on any atom is 0.232 e. The summed E-state index contributed by atoms with van der Waals surface area (Å²) in [6.45, 7) is 0.0659. The number of carbonyl (C=O) groups excluding carboxylic acids is 1. The molecule has 7 heteroatoms. The van der Waals surface area contributed by atoms with E-state index in [0.717, 1.165) is 11.9 Å². The Bertz CT molecular complexity index is 792. The van der Waals surface area contributed by atoms with Gasteiger partial charge >= 0.3 is 0 Å². The Hall–Kier alpha value is -2.05. The molecule has 0 saturated carbocycles. The van der Waals surface area contributed by atoms with E-state index in [4.69, 9.17) is 11.6 Å². The van der Waals surface area contributed by atoms with Crippen molar-refractivity contribution >= 4 is 38.9 Å². The van der Waals surface area contributed by atoms with Gasteiger partial charge in [-0.15, -0.1) is 0 Å². The molecule has 2 aromatic carbocycles. The molecule has 0 spiro atoms. The predicted octanol–water partition coefficient (Wildman–Crippen LogP) is 3.16. The zero-order valence-corrected chi connectivity index (χ0v) is 15.1. The Morgan fingerprint density at radius 2 is 1.58 bits per heavy atom. The quantitative estimate of drug-likeness (QED) is 0.789. The third-order valence-corrected chi connectivity index (χ3v) is 5.01. The number of para-hydroxylation sites is 1. The number of amides is 1. The highest BCUT2D eigenvalue weighted by Gasteiger charge is 2.20. The lowest BCUT2D eigenvalue weighted by atomic mass is 10.2. The number of nitrogens with zero attached hydrogens (tertiary/aromatic N) is 2. The lowest BCUT2D eigenvalue weighted by Crippen LogP contribution is -2.35. The second-order valence-corrected chi connectivity index (χ2v) is 7.69. The van der Waals surface area contributed by atoms with Gasteiger partial charge in [-0.2, -0.15) is 0 Å². The highest BCUT2D eigenvalue weighted by atomic mass is 35.5. The van der Waals surface area contributed by atoms with Crippen LogP contribution in [0.15, 0.2) is 54.6 Å². The van der Waals surface area contributed by atoms with Crippen LogP contribution in [0, 0.1) is 0 Å². The zero-order valence-electron chi connectivity index (χ0n) is 13.5. The standard InChI is InChI=1S/C17H19ClN2O3S/c1-19(15-6-4-3-5-7-15)17(21)12-13-20(24(2,22)23)16-10-8-14(18)9-11-16/h3-11H,12-13H2,1-2H3. The highest BCUT2D eigenvalue weighted by Crippen LogP contribution is 2.21. The summed E-state index contributed by atoms with van der Waals surface area (Å²) in [5.74, 6) is -0.163. The first-order valence-corrected chi connectivity index (χ1v) is 9.56. The van der Waals surface area contributed by atoms with E-state index in [-0.39, 0.29) is 18.9 Å². The SMILES string of the molecule is CN(C(=O)CCN(c1ccc(Cl)cc1)S(C)(=O)=O)c1ccccc1. The Morgan fingerprint density at radius 3 is 2.12 bits per heavy atom. The van der Waals surface area contributed by atoms with Gasteiger partial charge in [0, 0.05) is 30.7 Å². The third kappa shape index (κ3) is 4.72. The van der Waals surface area contributed by atoms with Crippen molar-refractivity contribution in [1.82, 2.24) is 0 Å². The fourth-order valence-corrected chi connectivity index (χ4v) is 3.31. The van der Waals surface area contributed by atoms with Crippen LogP contribution in [-0.4, -0.2) is 34.2 Å². The first-order chi connectivity index (χ1) is 11.3. The number of anilines is 2. The Balaban J connectivity index is 2.11. The molecular weight excluding hydrogens is 348 g/mol. The molecule has 0 saturated heterocycles. The van der Waals surface area contributed by atoms with E-state index in [1.165, 1.54) is 9.21 Å². The van der Waals surface area contributed by atoms with E-state index >= 15 is 0 Å². The summed E-state index contributed by atoms with van der Waals surface area (Å²) in [5, 5.41) is 0.520. The van der Waals surface area contributed by atoms with Crippen molar-refractivity contribution in [3.05, 3.63) is 59.6 Å². The van der Waals surface area contributed by atoms with Gasteiger partial charge in [0.2, 0.25) is 15.9 Å². The molecule has 0 N–H and O–H groups in total. The first-order valence-electron chi connectivity index (χ1n) is 7.34. The van der Waals surface area contributed by atoms with E-state index < -0.39 is 10.0 Å². The van der Waals surface area contributed by atoms with Gasteiger partial charge in [-0.3, -0.25) is 9.10 Å². The van der Waals surface area contributed by atoms with Crippen LogP contribution in [0.2, 0.25) is 5.02 Å². The second-order valence-electron chi connectivity index (χ2n) is 5.35. The fourth-order valence-electron chi connectivity index (χ4n) is 2.25. The monoisotopic (exact) mass is 366 g/mol. The largest absolute Gasteiger partial charge is 0.315 e. The number of sulfonamides is 1. The fraction of sp³-hybridized carbons (Fsp3) is 0.235. The molecule has 128 valence electrons. The molecule has 0 aliphatic carbocycles. The minimum absolute atomic E-state index is 0.0659. The van der Waals surface area contributed by atoms with Crippen molar-refractivity contribution < 1.29 is 13.2 Å². The van der Waals surface area contributed by atoms with Crippen molar-refractivity contribution in [3.63, 3.8) is 0 Å². The molecule has 2 aromatic rings. The van der Waals surface area contributed by atoms with Gasteiger partial charge in [-0.25, -0.2) is 8.42 Å². The topological polar surface area (TPSA) is 57.7 Å². The van der Waals surface area contributed by atoms with E-state index in [9.17, 15) is 13.2 Å². The molecule has 5 nitrogen and oxygen atoms in total. The van der Waals surface area contributed by atoms with Gasteiger partial charge in [0.15, 0.2) is 0 Å². The van der Waals surface area contributed by atoms with Gasteiger partial charge < -0.3 is 4.90 Å². The summed E-state index contributed by atoms with van der Waals surface area (Å²) in [6, 6.07) is 15.7. The molecule has 1 amide bonds. The molecule has 2 rings (SSSR count). The summed E-state index contributed by atoms with van der Waals surface area (Å²) in [6.07, 6.45) is 1.19. The van der Waals surface area contributed by atoms with Crippen LogP contribution >= 0.6 is 11.6 Å². The molecular formula is C17H19ClN2O3S. The third-order valence-electron chi connectivity index (χ3n) is 3.56. The van der Waals surface area contributed by atoms with Crippen molar-refractivity contribution in [2.45, 2.75) is 6.42 Å². The lowest BCUT2D eigenvalue weighted by molar-refractivity contribution is -0.118. The smallest absolute Gasteiger partial charge is 0.232 e. The molecule has 0 radical (unpaired) electrons. The molecule has 0 heterocycles. The summed E-state index contributed by atoms with van der Waals surface area (Å²) in [7, 11) is -1.83. The molecule has 0 bridgehead atoms. The summed E-state index contributed by atoms with van der Waals surface area (Å²) < 4.78 is 25.3. The molecule has 0 aromatic heterocycles. The number of halogens is 1. The Kier molecular flexibility index (Phi) is 5.85. The molecule has 0 fully saturated rings. The van der Waals surface area contributed by atoms with E-state index in [1.54, 1.807) is 31.3 Å². The number of hydrogen-bond acceptors (Lipinski definition) is 3. The summed E-state index contributed by atoms with van der Waals surface area (Å²) in [5.41, 5.74) is 1.25. The van der Waals surface area contributed by atoms with Crippen LogP contribution in [0.3, 0.4) is 0 Å². The van der Waals surface area contributed by atoms with Gasteiger partial charge in [-0.05, 0) is 36.4 Å². The predicted molar refractivity (Wildman–Crippen MR) is 98.1 cm³/mol. The minimum atomic E-state index is -3.50. The van der Waals surface area contributed by atoms with Crippen molar-refractivity contribution in [3.8, 4) is 0 Å². The molecule has 0 atom stereocenters. The van der Waals surface area contributed by atoms with Gasteiger partial charge in [0.05, 0.1) is 11.9 Å². The minimum Gasteiger partial charge on any atom is -0.315 e. The lowest BCUT2D eigenvalue weighted by Gasteiger charge is -2.24. The van der Waals surface area contributed by atoms with E-state index in [0.29, 0.717) is 10.7 Å².